The van der Waals surface area contributed by atoms with Crippen LogP contribution in [-0.4, -0.2) is 24.9 Å². The number of benzene rings is 1. The molecule has 20 heavy (non-hydrogen) atoms. The summed E-state index contributed by atoms with van der Waals surface area (Å²) in [6.45, 7) is 9.08. The number of hydrogen-bond donors (Lipinski definition) is 2. The summed E-state index contributed by atoms with van der Waals surface area (Å²) in [6, 6.07) is 8.23. The highest BCUT2D eigenvalue weighted by Crippen LogP contribution is 2.24. The van der Waals surface area contributed by atoms with E-state index in [2.05, 4.69) is 38.2 Å². The summed E-state index contributed by atoms with van der Waals surface area (Å²) in [5.41, 5.74) is 1.26. The molecule has 1 aromatic carbocycles. The summed E-state index contributed by atoms with van der Waals surface area (Å²) in [5.74, 6) is 0.933. The van der Waals surface area contributed by atoms with E-state index in [-0.39, 0.29) is 12.0 Å². The van der Waals surface area contributed by atoms with Gasteiger partial charge in [0.1, 0.15) is 5.75 Å². The minimum absolute atomic E-state index is 0.0180. The van der Waals surface area contributed by atoms with E-state index >= 15 is 0 Å². The molecule has 0 amide bonds. The Balaban J connectivity index is 2.41. The molecular formula is C17H29NO2. The van der Waals surface area contributed by atoms with Crippen LogP contribution in [-0.2, 0) is 6.54 Å². The minimum atomic E-state index is 0.0180. The summed E-state index contributed by atoms with van der Waals surface area (Å²) in [4.78, 5) is 0. The van der Waals surface area contributed by atoms with Gasteiger partial charge in [-0.25, -0.2) is 0 Å². The average Bonchev–Trinajstić information content (AvgIpc) is 2.51. The van der Waals surface area contributed by atoms with Crippen molar-refractivity contribution in [3.63, 3.8) is 0 Å². The molecule has 0 saturated heterocycles. The highest BCUT2D eigenvalue weighted by molar-refractivity contribution is 5.27. The SMILES string of the molecule is CCCOc1ccc(CNCC(CC)(CC)CO)cc1. The van der Waals surface area contributed by atoms with E-state index in [4.69, 9.17) is 4.74 Å². The number of nitrogens with one attached hydrogen (secondary N) is 1. The fraction of sp³-hybridized carbons (Fsp3) is 0.647. The number of ether oxygens (including phenoxy) is 1. The van der Waals surface area contributed by atoms with Gasteiger partial charge in [-0.2, -0.15) is 0 Å². The lowest BCUT2D eigenvalue weighted by atomic mass is 9.83. The normalized spacial score (nSPS) is 11.6. The Kier molecular flexibility index (Phi) is 7.63. The number of aliphatic hydroxyl groups is 1. The predicted molar refractivity (Wildman–Crippen MR) is 84.0 cm³/mol. The third-order valence-electron chi connectivity index (χ3n) is 4.06. The third-order valence-corrected chi connectivity index (χ3v) is 4.06. The molecule has 0 spiro atoms. The second-order valence-electron chi connectivity index (χ2n) is 5.46. The van der Waals surface area contributed by atoms with Crippen molar-refractivity contribution in [2.45, 2.75) is 46.6 Å². The zero-order valence-corrected chi connectivity index (χ0v) is 13.1. The molecule has 3 heteroatoms. The fourth-order valence-electron chi connectivity index (χ4n) is 2.17. The van der Waals surface area contributed by atoms with Gasteiger partial charge in [-0.1, -0.05) is 32.9 Å². The molecule has 3 nitrogen and oxygen atoms in total. The van der Waals surface area contributed by atoms with E-state index in [1.54, 1.807) is 0 Å². The van der Waals surface area contributed by atoms with Crippen LogP contribution in [0.2, 0.25) is 0 Å². The summed E-state index contributed by atoms with van der Waals surface area (Å²) in [7, 11) is 0. The Labute approximate surface area is 123 Å². The van der Waals surface area contributed by atoms with Crippen LogP contribution in [0.3, 0.4) is 0 Å². The third kappa shape index (κ3) is 5.14. The van der Waals surface area contributed by atoms with E-state index < -0.39 is 0 Å². The first-order chi connectivity index (χ1) is 9.69. The molecule has 0 aliphatic rings. The number of hydrogen-bond acceptors (Lipinski definition) is 3. The first kappa shape index (κ1) is 17.0. The van der Waals surface area contributed by atoms with Gasteiger partial charge in [-0.15, -0.1) is 0 Å². The van der Waals surface area contributed by atoms with Gasteiger partial charge in [-0.3, -0.25) is 0 Å². The Bertz CT molecular complexity index is 349. The van der Waals surface area contributed by atoms with Crippen LogP contribution in [0.25, 0.3) is 0 Å². The second kappa shape index (κ2) is 8.98. The van der Waals surface area contributed by atoms with E-state index in [0.29, 0.717) is 0 Å². The van der Waals surface area contributed by atoms with Crippen LogP contribution < -0.4 is 10.1 Å². The lowest BCUT2D eigenvalue weighted by Gasteiger charge is -2.29. The highest BCUT2D eigenvalue weighted by Gasteiger charge is 2.24. The molecule has 2 N–H and O–H groups in total. The predicted octanol–water partition coefficient (Wildman–Crippen LogP) is 3.36. The molecule has 0 aromatic heterocycles. The highest BCUT2D eigenvalue weighted by atomic mass is 16.5. The van der Waals surface area contributed by atoms with Crippen molar-refractivity contribution >= 4 is 0 Å². The van der Waals surface area contributed by atoms with Crippen molar-refractivity contribution in [1.82, 2.24) is 5.32 Å². The summed E-state index contributed by atoms with van der Waals surface area (Å²) >= 11 is 0. The van der Waals surface area contributed by atoms with Gasteiger partial charge in [0.05, 0.1) is 6.61 Å². The quantitative estimate of drug-likeness (QED) is 0.690. The van der Waals surface area contributed by atoms with Crippen LogP contribution >= 0.6 is 0 Å². The Morgan fingerprint density at radius 3 is 2.25 bits per heavy atom. The summed E-state index contributed by atoms with van der Waals surface area (Å²) in [6.07, 6.45) is 3.02. The maximum atomic E-state index is 9.54. The topological polar surface area (TPSA) is 41.5 Å². The van der Waals surface area contributed by atoms with E-state index in [1.165, 1.54) is 5.56 Å². The van der Waals surface area contributed by atoms with Crippen LogP contribution in [0.5, 0.6) is 5.75 Å². The lowest BCUT2D eigenvalue weighted by molar-refractivity contribution is 0.113. The van der Waals surface area contributed by atoms with Gasteiger partial charge < -0.3 is 15.2 Å². The second-order valence-corrected chi connectivity index (χ2v) is 5.46. The maximum absolute atomic E-state index is 9.54. The summed E-state index contributed by atoms with van der Waals surface area (Å²) in [5, 5.41) is 13.0. The maximum Gasteiger partial charge on any atom is 0.119 e. The van der Waals surface area contributed by atoms with Crippen molar-refractivity contribution in [3.8, 4) is 5.75 Å². The molecule has 0 aliphatic heterocycles. The average molecular weight is 279 g/mol. The molecule has 0 saturated carbocycles. The molecule has 0 heterocycles. The van der Waals surface area contributed by atoms with Gasteiger partial charge in [0.25, 0.3) is 0 Å². The molecule has 0 unspecified atom stereocenters. The fourth-order valence-corrected chi connectivity index (χ4v) is 2.17. The molecule has 0 bridgehead atoms. The Hall–Kier alpha value is -1.06. The van der Waals surface area contributed by atoms with E-state index in [0.717, 1.165) is 44.7 Å². The largest absolute Gasteiger partial charge is 0.494 e. The van der Waals surface area contributed by atoms with Gasteiger partial charge >= 0.3 is 0 Å². The van der Waals surface area contributed by atoms with Gasteiger partial charge in [0.2, 0.25) is 0 Å². The standard InChI is InChI=1S/C17H29NO2/c1-4-11-20-16-9-7-15(8-10-16)12-18-13-17(5-2,6-3)14-19/h7-10,18-19H,4-6,11-14H2,1-3H3. The van der Waals surface area contributed by atoms with Crippen molar-refractivity contribution in [2.75, 3.05) is 19.8 Å². The number of aliphatic hydroxyl groups excluding tert-OH is 1. The Morgan fingerprint density at radius 2 is 1.75 bits per heavy atom. The smallest absolute Gasteiger partial charge is 0.119 e. The van der Waals surface area contributed by atoms with Crippen LogP contribution in [0.1, 0.15) is 45.6 Å². The first-order valence-electron chi connectivity index (χ1n) is 7.73. The van der Waals surface area contributed by atoms with Gasteiger partial charge in [-0.05, 0) is 37.0 Å². The number of rotatable bonds is 10. The van der Waals surface area contributed by atoms with Crippen LogP contribution in [0.4, 0.5) is 0 Å². The molecule has 0 atom stereocenters. The van der Waals surface area contributed by atoms with Crippen molar-refractivity contribution in [2.24, 2.45) is 5.41 Å². The monoisotopic (exact) mass is 279 g/mol. The molecule has 1 rings (SSSR count). The van der Waals surface area contributed by atoms with Crippen LogP contribution in [0.15, 0.2) is 24.3 Å². The van der Waals surface area contributed by atoms with Crippen molar-refractivity contribution in [3.05, 3.63) is 29.8 Å². The van der Waals surface area contributed by atoms with E-state index in [1.807, 2.05) is 12.1 Å². The molecule has 114 valence electrons. The van der Waals surface area contributed by atoms with Crippen LogP contribution in [0, 0.1) is 5.41 Å². The van der Waals surface area contributed by atoms with Crippen molar-refractivity contribution in [1.29, 1.82) is 0 Å². The minimum Gasteiger partial charge on any atom is -0.494 e. The molecule has 0 radical (unpaired) electrons. The zero-order valence-electron chi connectivity index (χ0n) is 13.1. The van der Waals surface area contributed by atoms with E-state index in [9.17, 15) is 5.11 Å². The molecule has 0 fully saturated rings. The van der Waals surface area contributed by atoms with Gasteiger partial charge in [0, 0.05) is 25.1 Å². The Morgan fingerprint density at radius 1 is 1.10 bits per heavy atom. The lowest BCUT2D eigenvalue weighted by Crippen LogP contribution is -2.36. The molecule has 0 aliphatic carbocycles. The van der Waals surface area contributed by atoms with Crippen molar-refractivity contribution < 1.29 is 9.84 Å². The zero-order chi connectivity index (χ0) is 14.8. The molecular weight excluding hydrogens is 250 g/mol. The summed E-state index contributed by atoms with van der Waals surface area (Å²) < 4.78 is 5.57. The first-order valence-corrected chi connectivity index (χ1v) is 7.73. The van der Waals surface area contributed by atoms with Gasteiger partial charge in [0.15, 0.2) is 0 Å². The molecule has 1 aromatic rings.